The first-order chi connectivity index (χ1) is 18.9. The Kier molecular flexibility index (Phi) is 6.90. The van der Waals surface area contributed by atoms with Crippen molar-refractivity contribution in [3.63, 3.8) is 0 Å². The fourth-order valence-corrected chi connectivity index (χ4v) is 7.31. The van der Waals surface area contributed by atoms with Gasteiger partial charge in [-0.3, -0.25) is 14.7 Å². The normalized spacial score (nSPS) is 13.8. The van der Waals surface area contributed by atoms with Crippen molar-refractivity contribution >= 4 is 54.2 Å². The molecule has 0 N–H and O–H groups in total. The summed E-state index contributed by atoms with van der Waals surface area (Å²) in [6, 6.07) is 23.1. The predicted octanol–water partition coefficient (Wildman–Crippen LogP) is 5.94. The van der Waals surface area contributed by atoms with Gasteiger partial charge in [0.15, 0.2) is 5.13 Å². The van der Waals surface area contributed by atoms with Gasteiger partial charge in [0.2, 0.25) is 10.0 Å². The third-order valence-electron chi connectivity index (χ3n) is 6.71. The van der Waals surface area contributed by atoms with E-state index in [-0.39, 0.29) is 17.3 Å². The van der Waals surface area contributed by atoms with Crippen LogP contribution in [-0.2, 0) is 29.5 Å². The van der Waals surface area contributed by atoms with Crippen LogP contribution in [0.1, 0.15) is 27.0 Å². The topological polar surface area (TPSA) is 83.5 Å². The van der Waals surface area contributed by atoms with E-state index in [4.69, 9.17) is 11.6 Å². The molecule has 3 heterocycles. The number of nitrogens with zero attached hydrogens (tertiary/aromatic N) is 4. The van der Waals surface area contributed by atoms with Crippen molar-refractivity contribution in [2.24, 2.45) is 0 Å². The molecule has 1 amide bonds. The molecule has 39 heavy (non-hydrogen) atoms. The zero-order valence-corrected chi connectivity index (χ0v) is 23.1. The lowest BCUT2D eigenvalue weighted by Gasteiger charge is -2.28. The van der Waals surface area contributed by atoms with Crippen LogP contribution in [0.4, 0.5) is 5.13 Å². The van der Waals surface area contributed by atoms with Gasteiger partial charge in [-0.15, -0.1) is 0 Å². The van der Waals surface area contributed by atoms with Crippen molar-refractivity contribution in [2.75, 3.05) is 11.4 Å². The quantitative estimate of drug-likeness (QED) is 0.251. The number of aromatic nitrogens is 2. The zero-order valence-electron chi connectivity index (χ0n) is 20.7. The van der Waals surface area contributed by atoms with Crippen LogP contribution in [0.3, 0.4) is 0 Å². The molecule has 0 saturated heterocycles. The van der Waals surface area contributed by atoms with Gasteiger partial charge in [-0.1, -0.05) is 53.3 Å². The number of hydrogen-bond donors (Lipinski definition) is 0. The van der Waals surface area contributed by atoms with Crippen molar-refractivity contribution in [1.82, 2.24) is 14.3 Å². The van der Waals surface area contributed by atoms with Crippen molar-refractivity contribution < 1.29 is 13.2 Å². The van der Waals surface area contributed by atoms with Crippen LogP contribution in [0, 0.1) is 0 Å². The molecule has 196 valence electrons. The minimum atomic E-state index is -3.71. The van der Waals surface area contributed by atoms with Gasteiger partial charge in [0, 0.05) is 36.1 Å². The second-order valence-corrected chi connectivity index (χ2v) is 12.6. The summed E-state index contributed by atoms with van der Waals surface area (Å²) in [5.41, 5.74) is 4.14. The predicted molar refractivity (Wildman–Crippen MR) is 154 cm³/mol. The first kappa shape index (κ1) is 25.6. The number of hydrogen-bond acceptors (Lipinski definition) is 6. The molecule has 0 unspecified atom stereocenters. The number of anilines is 1. The van der Waals surface area contributed by atoms with E-state index in [0.717, 1.165) is 21.3 Å². The van der Waals surface area contributed by atoms with Crippen LogP contribution >= 0.6 is 22.9 Å². The summed E-state index contributed by atoms with van der Waals surface area (Å²) in [6.07, 6.45) is 4.05. The van der Waals surface area contributed by atoms with Crippen LogP contribution in [-0.4, -0.2) is 35.1 Å². The molecular weight excluding hydrogens is 552 g/mol. The van der Waals surface area contributed by atoms with Crippen molar-refractivity contribution in [3.8, 4) is 0 Å². The van der Waals surface area contributed by atoms with E-state index in [1.54, 1.807) is 35.5 Å². The van der Waals surface area contributed by atoms with E-state index in [2.05, 4.69) is 9.97 Å². The van der Waals surface area contributed by atoms with E-state index >= 15 is 0 Å². The number of thiazole rings is 1. The van der Waals surface area contributed by atoms with Gasteiger partial charge in [0.25, 0.3) is 5.91 Å². The highest BCUT2D eigenvalue weighted by atomic mass is 35.5. The minimum absolute atomic E-state index is 0.159. The summed E-state index contributed by atoms with van der Waals surface area (Å²) < 4.78 is 29.2. The van der Waals surface area contributed by atoms with Crippen LogP contribution < -0.4 is 4.90 Å². The summed E-state index contributed by atoms with van der Waals surface area (Å²) in [4.78, 5) is 24.4. The standard InChI is InChI=1S/C29H23ClN4O3S2/c30-24-9-12-26-27(16-24)38-29(32-26)34(18-20-4-3-14-31-17-20)28(35)22-7-10-25(11-8-22)39(36,37)33-15-13-21-5-1-2-6-23(21)19-33/h1-12,14,16-17H,13,15,18-19H2. The summed E-state index contributed by atoms with van der Waals surface area (Å²) in [5.74, 6) is -0.292. The number of amides is 1. The molecule has 0 fully saturated rings. The monoisotopic (exact) mass is 574 g/mol. The smallest absolute Gasteiger partial charge is 0.260 e. The number of rotatable bonds is 6. The molecule has 7 nitrogen and oxygen atoms in total. The van der Waals surface area contributed by atoms with Gasteiger partial charge in [0.05, 0.1) is 21.7 Å². The van der Waals surface area contributed by atoms with E-state index in [1.165, 1.54) is 33.3 Å². The first-order valence-electron chi connectivity index (χ1n) is 12.3. The third kappa shape index (κ3) is 5.18. The van der Waals surface area contributed by atoms with Gasteiger partial charge in [-0.25, -0.2) is 13.4 Å². The van der Waals surface area contributed by atoms with E-state index in [9.17, 15) is 13.2 Å². The number of fused-ring (bicyclic) bond motifs is 2. The molecule has 1 aliphatic heterocycles. The van der Waals surface area contributed by atoms with Gasteiger partial charge in [0.1, 0.15) is 0 Å². The zero-order chi connectivity index (χ0) is 27.0. The average molecular weight is 575 g/mol. The molecule has 0 radical (unpaired) electrons. The number of carbonyl (C=O) groups excluding carboxylic acids is 1. The van der Waals surface area contributed by atoms with Crippen molar-refractivity contribution in [3.05, 3.63) is 119 Å². The molecule has 0 spiro atoms. The van der Waals surface area contributed by atoms with Crippen LogP contribution in [0.15, 0.2) is 96.2 Å². The molecule has 2 aromatic heterocycles. The molecule has 0 bridgehead atoms. The Morgan fingerprint density at radius 1 is 1.00 bits per heavy atom. The average Bonchev–Trinajstić information content (AvgIpc) is 3.39. The first-order valence-corrected chi connectivity index (χ1v) is 15.0. The fourth-order valence-electron chi connectivity index (χ4n) is 4.65. The highest BCUT2D eigenvalue weighted by molar-refractivity contribution is 7.89. The molecule has 0 aliphatic carbocycles. The Morgan fingerprint density at radius 3 is 2.56 bits per heavy atom. The molecule has 0 atom stereocenters. The van der Waals surface area contributed by atoms with E-state index < -0.39 is 10.0 Å². The fraction of sp³-hybridized carbons (Fsp3) is 0.138. The minimum Gasteiger partial charge on any atom is -0.279 e. The maximum atomic E-state index is 13.8. The van der Waals surface area contributed by atoms with E-state index in [0.29, 0.717) is 35.2 Å². The lowest BCUT2D eigenvalue weighted by atomic mass is 10.0. The Hall–Kier alpha value is -3.63. The highest BCUT2D eigenvalue weighted by Crippen LogP contribution is 2.33. The van der Waals surface area contributed by atoms with Gasteiger partial charge in [-0.05, 0) is 71.6 Å². The van der Waals surface area contributed by atoms with Crippen LogP contribution in [0.2, 0.25) is 5.02 Å². The highest BCUT2D eigenvalue weighted by Gasteiger charge is 2.29. The lowest BCUT2D eigenvalue weighted by molar-refractivity contribution is 0.0985. The molecule has 5 aromatic rings. The number of sulfonamides is 1. The second kappa shape index (κ2) is 10.5. The van der Waals surface area contributed by atoms with Gasteiger partial charge >= 0.3 is 0 Å². The number of pyridine rings is 1. The van der Waals surface area contributed by atoms with E-state index in [1.807, 2.05) is 48.5 Å². The number of carbonyl (C=O) groups is 1. The van der Waals surface area contributed by atoms with Crippen molar-refractivity contribution in [2.45, 2.75) is 24.4 Å². The summed E-state index contributed by atoms with van der Waals surface area (Å²) in [7, 11) is -3.71. The number of halogens is 1. The lowest BCUT2D eigenvalue weighted by Crippen LogP contribution is -2.36. The Labute approximate surface area is 235 Å². The molecule has 6 rings (SSSR count). The maximum Gasteiger partial charge on any atom is 0.260 e. The largest absolute Gasteiger partial charge is 0.279 e. The third-order valence-corrected chi connectivity index (χ3v) is 9.85. The molecule has 3 aromatic carbocycles. The molecule has 10 heteroatoms. The van der Waals surface area contributed by atoms with Crippen LogP contribution in [0.5, 0.6) is 0 Å². The van der Waals surface area contributed by atoms with Crippen molar-refractivity contribution in [1.29, 1.82) is 0 Å². The second-order valence-electron chi connectivity index (χ2n) is 9.24. The maximum absolute atomic E-state index is 13.8. The molecule has 1 aliphatic rings. The molecular formula is C29H23ClN4O3S2. The Morgan fingerprint density at radius 2 is 1.79 bits per heavy atom. The van der Waals surface area contributed by atoms with Gasteiger partial charge < -0.3 is 0 Å². The summed E-state index contributed by atoms with van der Waals surface area (Å²) in [5, 5.41) is 1.11. The van der Waals surface area contributed by atoms with Gasteiger partial charge in [-0.2, -0.15) is 4.31 Å². The summed E-state index contributed by atoms with van der Waals surface area (Å²) >= 11 is 7.53. The Balaban J connectivity index is 1.29. The molecule has 0 saturated carbocycles. The number of benzene rings is 3. The van der Waals surface area contributed by atoms with Crippen LogP contribution in [0.25, 0.3) is 10.2 Å². The summed E-state index contributed by atoms with van der Waals surface area (Å²) in [6.45, 7) is 1.01. The SMILES string of the molecule is O=C(c1ccc(S(=O)(=O)N2CCc3ccccc3C2)cc1)N(Cc1cccnc1)c1nc2ccc(Cl)cc2s1. The Bertz CT molecular complexity index is 1770.